The topological polar surface area (TPSA) is 69.6 Å². The molecule has 0 fully saturated rings. The highest BCUT2D eigenvalue weighted by atomic mass is 79.9. The summed E-state index contributed by atoms with van der Waals surface area (Å²) < 4.78 is 14.2. The van der Waals surface area contributed by atoms with Gasteiger partial charge in [0.1, 0.15) is 6.54 Å². The fraction of sp³-hybridized carbons (Fsp3) is 0.304. The van der Waals surface area contributed by atoms with E-state index < -0.39 is 0 Å². The van der Waals surface area contributed by atoms with Crippen LogP contribution in [0.5, 0.6) is 11.5 Å². The Labute approximate surface area is 183 Å². The second-order valence-corrected chi connectivity index (χ2v) is 8.19. The number of nitrogens with zero attached hydrogens (tertiary/aromatic N) is 1. The first-order valence-corrected chi connectivity index (χ1v) is 10.8. The summed E-state index contributed by atoms with van der Waals surface area (Å²) in [6, 6.07) is 11.4. The van der Waals surface area contributed by atoms with Crippen LogP contribution in [-0.2, 0) is 11.3 Å². The third kappa shape index (κ3) is 4.21. The monoisotopic (exact) mass is 470 g/mol. The highest BCUT2D eigenvalue weighted by Crippen LogP contribution is 2.33. The lowest BCUT2D eigenvalue weighted by Crippen LogP contribution is -2.31. The molecule has 3 aromatic rings. The minimum absolute atomic E-state index is 0.119. The lowest BCUT2D eigenvalue weighted by molar-refractivity contribution is -0.122. The molecule has 0 radical (unpaired) electrons. The normalized spacial score (nSPS) is 14.2. The van der Waals surface area contributed by atoms with Gasteiger partial charge in [-0.1, -0.05) is 28.9 Å². The highest BCUT2D eigenvalue weighted by molar-refractivity contribution is 9.10. The second-order valence-electron chi connectivity index (χ2n) is 7.28. The molecule has 1 aromatic heterocycles. The number of ether oxygens (including phenoxy) is 2. The number of aldehydes is 1. The van der Waals surface area contributed by atoms with E-state index in [1.54, 1.807) is 6.20 Å². The number of fused-ring (bicyclic) bond motifs is 2. The molecule has 7 heteroatoms. The van der Waals surface area contributed by atoms with Crippen molar-refractivity contribution in [3.8, 4) is 11.5 Å². The van der Waals surface area contributed by atoms with Gasteiger partial charge < -0.3 is 19.4 Å². The van der Waals surface area contributed by atoms with Gasteiger partial charge in [-0.25, -0.2) is 0 Å². The molecule has 6 nitrogen and oxygen atoms in total. The van der Waals surface area contributed by atoms with Gasteiger partial charge in [0.05, 0.1) is 19.3 Å². The van der Waals surface area contributed by atoms with E-state index in [-0.39, 0.29) is 18.5 Å². The molecule has 30 heavy (non-hydrogen) atoms. The van der Waals surface area contributed by atoms with Crippen LogP contribution in [0.1, 0.15) is 41.7 Å². The smallest absolute Gasteiger partial charge is 0.240 e. The first kappa shape index (κ1) is 20.5. The third-order valence-corrected chi connectivity index (χ3v) is 5.73. The van der Waals surface area contributed by atoms with E-state index in [4.69, 9.17) is 9.47 Å². The Morgan fingerprint density at radius 3 is 2.77 bits per heavy atom. The number of carbonyl (C=O) groups excluding carboxylic acids is 2. The Morgan fingerprint density at radius 1 is 1.20 bits per heavy atom. The zero-order valence-electron chi connectivity index (χ0n) is 16.7. The van der Waals surface area contributed by atoms with Crippen molar-refractivity contribution in [3.63, 3.8) is 0 Å². The molecule has 4 rings (SSSR count). The molecule has 0 saturated heterocycles. The summed E-state index contributed by atoms with van der Waals surface area (Å²) in [5.41, 5.74) is 2.39. The summed E-state index contributed by atoms with van der Waals surface area (Å²) in [6.45, 7) is 3.42. The van der Waals surface area contributed by atoms with Crippen molar-refractivity contribution in [1.82, 2.24) is 9.88 Å². The number of halogens is 1. The molecule has 0 aliphatic carbocycles. The maximum atomic E-state index is 12.8. The first-order chi connectivity index (χ1) is 14.6. The predicted molar refractivity (Wildman–Crippen MR) is 118 cm³/mol. The quantitative estimate of drug-likeness (QED) is 0.532. The molecule has 0 unspecified atom stereocenters. The van der Waals surface area contributed by atoms with E-state index in [1.807, 2.05) is 47.9 Å². The van der Waals surface area contributed by atoms with Crippen molar-refractivity contribution in [2.75, 3.05) is 13.2 Å². The van der Waals surface area contributed by atoms with E-state index in [9.17, 15) is 9.59 Å². The minimum atomic E-state index is -0.142. The van der Waals surface area contributed by atoms with Gasteiger partial charge in [0.2, 0.25) is 5.91 Å². The predicted octanol–water partition coefficient (Wildman–Crippen LogP) is 4.65. The van der Waals surface area contributed by atoms with Gasteiger partial charge in [-0.2, -0.15) is 0 Å². The van der Waals surface area contributed by atoms with Gasteiger partial charge >= 0.3 is 0 Å². The Hall–Kier alpha value is -2.80. The summed E-state index contributed by atoms with van der Waals surface area (Å²) >= 11 is 3.43. The molecule has 2 heterocycles. The number of hydrogen-bond donors (Lipinski definition) is 1. The number of nitrogens with one attached hydrogen (secondary N) is 1. The van der Waals surface area contributed by atoms with Crippen LogP contribution < -0.4 is 14.8 Å². The zero-order valence-corrected chi connectivity index (χ0v) is 18.3. The van der Waals surface area contributed by atoms with Crippen LogP contribution in [0.2, 0.25) is 0 Å². The Kier molecular flexibility index (Phi) is 6.08. The Balaban J connectivity index is 1.52. The average Bonchev–Trinajstić information content (AvgIpc) is 2.92. The number of amides is 1. The summed E-state index contributed by atoms with van der Waals surface area (Å²) in [6.07, 6.45) is 4.13. The molecule has 0 spiro atoms. The van der Waals surface area contributed by atoms with E-state index in [2.05, 4.69) is 21.2 Å². The molecule has 1 amide bonds. The van der Waals surface area contributed by atoms with Crippen molar-refractivity contribution < 1.29 is 19.1 Å². The Morgan fingerprint density at radius 2 is 2.00 bits per heavy atom. The summed E-state index contributed by atoms with van der Waals surface area (Å²) in [5.74, 6) is 1.34. The van der Waals surface area contributed by atoms with Crippen LogP contribution >= 0.6 is 15.9 Å². The number of hydrogen-bond acceptors (Lipinski definition) is 4. The Bertz CT molecular complexity index is 1090. The highest BCUT2D eigenvalue weighted by Gasteiger charge is 2.18. The largest absolute Gasteiger partial charge is 0.490 e. The number of aromatic nitrogens is 1. The molecular formula is C23H23BrN2O4. The van der Waals surface area contributed by atoms with Gasteiger partial charge in [-0.05, 0) is 42.3 Å². The number of benzene rings is 2. The maximum absolute atomic E-state index is 12.8. The summed E-state index contributed by atoms with van der Waals surface area (Å²) in [7, 11) is 0. The minimum Gasteiger partial charge on any atom is -0.490 e. The fourth-order valence-electron chi connectivity index (χ4n) is 3.73. The van der Waals surface area contributed by atoms with Crippen LogP contribution in [0.15, 0.2) is 47.1 Å². The summed E-state index contributed by atoms with van der Waals surface area (Å²) in [5, 5.41) is 3.92. The van der Waals surface area contributed by atoms with Crippen LogP contribution in [0.3, 0.4) is 0 Å². The molecular weight excluding hydrogens is 448 g/mol. The standard InChI is InChI=1S/C23H23BrN2O4/c1-2-19(15-4-7-21-22(10-15)30-9-3-8-29-21)25-23(28)13-26-12-16(14-27)18-11-17(24)5-6-20(18)26/h4-7,10-12,14,19H,2-3,8-9,13H2,1H3,(H,25,28)/t19-/m0/s1. The molecule has 156 valence electrons. The second kappa shape index (κ2) is 8.92. The number of carbonyl (C=O) groups is 2. The lowest BCUT2D eigenvalue weighted by Gasteiger charge is -2.19. The van der Waals surface area contributed by atoms with Gasteiger partial charge in [0.15, 0.2) is 17.8 Å². The molecule has 1 atom stereocenters. The molecule has 1 aliphatic rings. The lowest BCUT2D eigenvalue weighted by atomic mass is 10.0. The van der Waals surface area contributed by atoms with Crippen molar-refractivity contribution in [2.45, 2.75) is 32.4 Å². The van der Waals surface area contributed by atoms with E-state index >= 15 is 0 Å². The van der Waals surface area contributed by atoms with Gasteiger partial charge in [-0.3, -0.25) is 9.59 Å². The van der Waals surface area contributed by atoms with Crippen molar-refractivity contribution >= 4 is 39.0 Å². The zero-order chi connectivity index (χ0) is 21.1. The van der Waals surface area contributed by atoms with Crippen molar-refractivity contribution in [1.29, 1.82) is 0 Å². The third-order valence-electron chi connectivity index (χ3n) is 5.23. The van der Waals surface area contributed by atoms with Gasteiger partial charge in [0.25, 0.3) is 0 Å². The molecule has 0 bridgehead atoms. The molecule has 2 aromatic carbocycles. The first-order valence-electron chi connectivity index (χ1n) is 10.0. The van der Waals surface area contributed by atoms with Crippen molar-refractivity contribution in [2.24, 2.45) is 0 Å². The van der Waals surface area contributed by atoms with E-state index in [0.29, 0.717) is 18.8 Å². The van der Waals surface area contributed by atoms with E-state index in [1.165, 1.54) is 0 Å². The average molecular weight is 471 g/mol. The van der Waals surface area contributed by atoms with Crippen LogP contribution in [0.4, 0.5) is 0 Å². The summed E-state index contributed by atoms with van der Waals surface area (Å²) in [4.78, 5) is 24.3. The van der Waals surface area contributed by atoms with Gasteiger partial charge in [-0.15, -0.1) is 0 Å². The van der Waals surface area contributed by atoms with Crippen molar-refractivity contribution in [3.05, 3.63) is 58.2 Å². The number of rotatable bonds is 6. The van der Waals surface area contributed by atoms with Crippen LogP contribution in [-0.4, -0.2) is 30.0 Å². The SMILES string of the molecule is CC[C@H](NC(=O)Cn1cc(C=O)c2cc(Br)ccc21)c1ccc2c(c1)OCCCO2. The van der Waals surface area contributed by atoms with Crippen LogP contribution in [0.25, 0.3) is 10.9 Å². The van der Waals surface area contributed by atoms with Crippen LogP contribution in [0, 0.1) is 0 Å². The maximum Gasteiger partial charge on any atom is 0.240 e. The molecule has 0 saturated carbocycles. The van der Waals surface area contributed by atoms with Gasteiger partial charge in [0, 0.05) is 33.6 Å². The molecule has 1 N–H and O–H groups in total. The molecule has 1 aliphatic heterocycles. The van der Waals surface area contributed by atoms with E-state index in [0.717, 1.165) is 51.6 Å². The fourth-order valence-corrected chi connectivity index (χ4v) is 4.10.